The van der Waals surface area contributed by atoms with Crippen molar-refractivity contribution < 1.29 is 14.6 Å². The number of hydrogen-bond donors (Lipinski definition) is 1. The summed E-state index contributed by atoms with van der Waals surface area (Å²) in [6.07, 6.45) is 0. The number of methoxy groups -OCH3 is 1. The van der Waals surface area contributed by atoms with E-state index in [0.29, 0.717) is 0 Å². The standard InChI is InChI=1S/C14H20N2O3/c1-11(14(17)18)15-6-8-16(9-7-15)12-4-3-5-13(10-12)19-2/h3-5,10-11H,6-9H2,1-2H3,(H,17,18)/t11-/m1/s1. The largest absolute Gasteiger partial charge is 0.497 e. The minimum Gasteiger partial charge on any atom is -0.497 e. The van der Waals surface area contributed by atoms with Gasteiger partial charge >= 0.3 is 5.97 Å². The number of carbonyl (C=O) groups is 1. The van der Waals surface area contributed by atoms with Crippen LogP contribution in [0.25, 0.3) is 0 Å². The average Bonchev–Trinajstić information content (AvgIpc) is 2.46. The Hall–Kier alpha value is -1.75. The van der Waals surface area contributed by atoms with Crippen molar-refractivity contribution in [2.45, 2.75) is 13.0 Å². The van der Waals surface area contributed by atoms with E-state index in [4.69, 9.17) is 9.84 Å². The number of ether oxygens (including phenoxy) is 1. The minimum absolute atomic E-state index is 0.410. The number of carboxylic acid groups (broad SMARTS) is 1. The van der Waals surface area contributed by atoms with Crippen LogP contribution in [0.15, 0.2) is 24.3 Å². The number of benzene rings is 1. The van der Waals surface area contributed by atoms with E-state index in [-0.39, 0.29) is 0 Å². The Morgan fingerprint density at radius 1 is 1.32 bits per heavy atom. The van der Waals surface area contributed by atoms with Crippen molar-refractivity contribution in [2.75, 3.05) is 38.2 Å². The van der Waals surface area contributed by atoms with Crippen LogP contribution in [0.3, 0.4) is 0 Å². The van der Waals surface area contributed by atoms with E-state index < -0.39 is 12.0 Å². The molecule has 104 valence electrons. The number of piperazine rings is 1. The molecule has 0 spiro atoms. The topological polar surface area (TPSA) is 53.0 Å². The minimum atomic E-state index is -0.755. The molecule has 0 aromatic heterocycles. The maximum absolute atomic E-state index is 11.0. The molecule has 1 aliphatic heterocycles. The van der Waals surface area contributed by atoms with Gasteiger partial charge in [-0.2, -0.15) is 0 Å². The summed E-state index contributed by atoms with van der Waals surface area (Å²) in [7, 11) is 1.66. The molecule has 1 N–H and O–H groups in total. The summed E-state index contributed by atoms with van der Waals surface area (Å²) < 4.78 is 5.22. The second kappa shape index (κ2) is 5.93. The number of carboxylic acids is 1. The molecule has 0 amide bonds. The molecule has 0 aliphatic carbocycles. The molecule has 1 aromatic rings. The second-order valence-corrected chi connectivity index (χ2v) is 4.74. The molecular weight excluding hydrogens is 244 g/mol. The van der Waals surface area contributed by atoms with Crippen LogP contribution in [0.2, 0.25) is 0 Å². The van der Waals surface area contributed by atoms with Gasteiger partial charge < -0.3 is 14.7 Å². The van der Waals surface area contributed by atoms with E-state index >= 15 is 0 Å². The third kappa shape index (κ3) is 3.17. The van der Waals surface area contributed by atoms with Crippen molar-refractivity contribution in [2.24, 2.45) is 0 Å². The fourth-order valence-corrected chi connectivity index (χ4v) is 2.33. The van der Waals surface area contributed by atoms with E-state index in [0.717, 1.165) is 37.6 Å². The Balaban J connectivity index is 1.97. The highest BCUT2D eigenvalue weighted by atomic mass is 16.5. The van der Waals surface area contributed by atoms with Crippen LogP contribution in [0.1, 0.15) is 6.92 Å². The molecule has 19 heavy (non-hydrogen) atoms. The molecule has 5 heteroatoms. The first-order valence-corrected chi connectivity index (χ1v) is 6.47. The van der Waals surface area contributed by atoms with E-state index in [9.17, 15) is 4.79 Å². The van der Waals surface area contributed by atoms with Crippen molar-refractivity contribution in [3.63, 3.8) is 0 Å². The molecule has 0 saturated carbocycles. The highest BCUT2D eigenvalue weighted by molar-refractivity contribution is 5.73. The van der Waals surface area contributed by atoms with Gasteiger partial charge in [0, 0.05) is 37.9 Å². The number of hydrogen-bond acceptors (Lipinski definition) is 4. The zero-order valence-electron chi connectivity index (χ0n) is 11.4. The molecule has 1 heterocycles. The number of rotatable bonds is 4. The number of aliphatic carboxylic acids is 1. The Morgan fingerprint density at radius 2 is 2.00 bits per heavy atom. The zero-order chi connectivity index (χ0) is 13.8. The quantitative estimate of drug-likeness (QED) is 0.888. The predicted octanol–water partition coefficient (Wildman–Crippen LogP) is 1.29. The average molecular weight is 264 g/mol. The molecule has 0 bridgehead atoms. The van der Waals surface area contributed by atoms with Crippen LogP contribution in [0.4, 0.5) is 5.69 Å². The molecule has 1 atom stereocenters. The lowest BCUT2D eigenvalue weighted by molar-refractivity contribution is -0.142. The summed E-state index contributed by atoms with van der Waals surface area (Å²) in [5, 5.41) is 9.01. The molecule has 1 aromatic carbocycles. The molecule has 0 radical (unpaired) electrons. The summed E-state index contributed by atoms with van der Waals surface area (Å²) in [6, 6.07) is 7.55. The normalized spacial score (nSPS) is 18.1. The second-order valence-electron chi connectivity index (χ2n) is 4.74. The van der Waals surface area contributed by atoms with Gasteiger partial charge in [0.15, 0.2) is 0 Å². The highest BCUT2D eigenvalue weighted by Crippen LogP contribution is 2.22. The maximum atomic E-state index is 11.0. The Kier molecular flexibility index (Phi) is 4.27. The van der Waals surface area contributed by atoms with Gasteiger partial charge in [0.2, 0.25) is 0 Å². The summed E-state index contributed by atoms with van der Waals surface area (Å²) >= 11 is 0. The van der Waals surface area contributed by atoms with Crippen LogP contribution in [-0.2, 0) is 4.79 Å². The van der Waals surface area contributed by atoms with Gasteiger partial charge in [0.1, 0.15) is 11.8 Å². The lowest BCUT2D eigenvalue weighted by atomic mass is 10.2. The Bertz CT molecular complexity index is 442. The summed E-state index contributed by atoms with van der Waals surface area (Å²) in [6.45, 7) is 4.95. The first-order chi connectivity index (χ1) is 9.11. The van der Waals surface area contributed by atoms with Crippen molar-refractivity contribution in [1.29, 1.82) is 0 Å². The van der Waals surface area contributed by atoms with E-state index in [2.05, 4.69) is 11.0 Å². The number of nitrogens with zero attached hydrogens (tertiary/aromatic N) is 2. The van der Waals surface area contributed by atoms with Crippen LogP contribution >= 0.6 is 0 Å². The third-order valence-electron chi connectivity index (χ3n) is 3.64. The lowest BCUT2D eigenvalue weighted by Crippen LogP contribution is -2.51. The first kappa shape index (κ1) is 13.7. The van der Waals surface area contributed by atoms with Gasteiger partial charge in [0.05, 0.1) is 7.11 Å². The fraction of sp³-hybridized carbons (Fsp3) is 0.500. The SMILES string of the molecule is COc1cccc(N2CCN([C@H](C)C(=O)O)CC2)c1. The van der Waals surface area contributed by atoms with Gasteiger partial charge in [-0.25, -0.2) is 0 Å². The van der Waals surface area contributed by atoms with Crippen molar-refractivity contribution in [3.8, 4) is 5.75 Å². The van der Waals surface area contributed by atoms with E-state index in [1.54, 1.807) is 14.0 Å². The van der Waals surface area contributed by atoms with Gasteiger partial charge in [-0.3, -0.25) is 9.69 Å². The maximum Gasteiger partial charge on any atom is 0.320 e. The molecule has 5 nitrogen and oxygen atoms in total. The van der Waals surface area contributed by atoms with Gasteiger partial charge in [-0.15, -0.1) is 0 Å². The van der Waals surface area contributed by atoms with Gasteiger partial charge in [0.25, 0.3) is 0 Å². The van der Waals surface area contributed by atoms with E-state index in [1.165, 1.54) is 0 Å². The monoisotopic (exact) mass is 264 g/mol. The molecule has 1 fully saturated rings. The fourth-order valence-electron chi connectivity index (χ4n) is 2.33. The summed E-state index contributed by atoms with van der Waals surface area (Å²) in [4.78, 5) is 15.2. The molecule has 2 rings (SSSR count). The van der Waals surface area contributed by atoms with E-state index in [1.807, 2.05) is 23.1 Å². The van der Waals surface area contributed by atoms with Crippen LogP contribution < -0.4 is 9.64 Å². The molecule has 0 unspecified atom stereocenters. The third-order valence-corrected chi connectivity index (χ3v) is 3.64. The number of anilines is 1. The molecular formula is C14H20N2O3. The van der Waals surface area contributed by atoms with Crippen LogP contribution in [0, 0.1) is 0 Å². The van der Waals surface area contributed by atoms with Crippen molar-refractivity contribution >= 4 is 11.7 Å². The smallest absolute Gasteiger partial charge is 0.320 e. The van der Waals surface area contributed by atoms with Crippen LogP contribution in [-0.4, -0.2) is 55.3 Å². The van der Waals surface area contributed by atoms with Crippen LogP contribution in [0.5, 0.6) is 5.75 Å². The van der Waals surface area contributed by atoms with Gasteiger partial charge in [-0.05, 0) is 19.1 Å². The predicted molar refractivity (Wildman–Crippen MR) is 73.9 cm³/mol. The van der Waals surface area contributed by atoms with Gasteiger partial charge in [-0.1, -0.05) is 6.07 Å². The lowest BCUT2D eigenvalue weighted by Gasteiger charge is -2.37. The zero-order valence-corrected chi connectivity index (χ0v) is 11.4. The summed E-state index contributed by atoms with van der Waals surface area (Å²) in [5.41, 5.74) is 1.13. The van der Waals surface area contributed by atoms with Crippen molar-refractivity contribution in [1.82, 2.24) is 4.90 Å². The Morgan fingerprint density at radius 3 is 2.58 bits per heavy atom. The first-order valence-electron chi connectivity index (χ1n) is 6.47. The highest BCUT2D eigenvalue weighted by Gasteiger charge is 2.25. The Labute approximate surface area is 113 Å². The summed E-state index contributed by atoms with van der Waals surface area (Å²) in [5.74, 6) is 0.0914. The molecule has 1 aliphatic rings. The van der Waals surface area contributed by atoms with Crippen molar-refractivity contribution in [3.05, 3.63) is 24.3 Å². The molecule has 1 saturated heterocycles.